The van der Waals surface area contributed by atoms with Gasteiger partial charge in [0.05, 0.1) is 0 Å². The number of H-pyrrole nitrogens is 1. The summed E-state index contributed by atoms with van der Waals surface area (Å²) in [6.45, 7) is 4.31. The van der Waals surface area contributed by atoms with Crippen LogP contribution in [0.1, 0.15) is 43.0 Å². The van der Waals surface area contributed by atoms with Gasteiger partial charge in [0, 0.05) is 13.0 Å². The van der Waals surface area contributed by atoms with Gasteiger partial charge >= 0.3 is 0 Å². The van der Waals surface area contributed by atoms with Crippen LogP contribution in [0.5, 0.6) is 5.75 Å². The van der Waals surface area contributed by atoms with Gasteiger partial charge in [0.25, 0.3) is 11.5 Å². The summed E-state index contributed by atoms with van der Waals surface area (Å²) in [7, 11) is 0. The van der Waals surface area contributed by atoms with Crippen LogP contribution < -0.4 is 10.9 Å². The van der Waals surface area contributed by atoms with Gasteiger partial charge in [0.1, 0.15) is 5.82 Å². The first-order valence-corrected chi connectivity index (χ1v) is 5.70. The molecule has 1 aromatic heterocycles. The summed E-state index contributed by atoms with van der Waals surface area (Å²) in [6.07, 6.45) is 2.29. The molecule has 0 saturated carbocycles. The van der Waals surface area contributed by atoms with Crippen LogP contribution in [0.25, 0.3) is 0 Å². The molecule has 0 unspecified atom stereocenters. The summed E-state index contributed by atoms with van der Waals surface area (Å²) in [4.78, 5) is 29.3. The number of carbonyl (C=O) groups is 1. The third kappa shape index (κ3) is 3.30. The number of aryl methyl sites for hydroxylation is 1. The van der Waals surface area contributed by atoms with Crippen molar-refractivity contribution in [1.82, 2.24) is 15.3 Å². The third-order valence-corrected chi connectivity index (χ3v) is 2.31. The molecular formula is C11H17N3O3. The van der Waals surface area contributed by atoms with Gasteiger partial charge in [-0.1, -0.05) is 20.3 Å². The highest BCUT2D eigenvalue weighted by Crippen LogP contribution is 2.07. The molecule has 0 spiro atoms. The second-order valence-corrected chi connectivity index (χ2v) is 3.67. The monoisotopic (exact) mass is 239 g/mol. The van der Waals surface area contributed by atoms with E-state index in [1.54, 1.807) is 6.92 Å². The molecular weight excluding hydrogens is 222 g/mol. The summed E-state index contributed by atoms with van der Waals surface area (Å²) in [6, 6.07) is 0. The van der Waals surface area contributed by atoms with E-state index in [2.05, 4.69) is 15.3 Å². The second-order valence-electron chi connectivity index (χ2n) is 3.67. The minimum Gasteiger partial charge on any atom is -0.501 e. The fourth-order valence-corrected chi connectivity index (χ4v) is 1.30. The molecule has 0 aliphatic rings. The van der Waals surface area contributed by atoms with Crippen molar-refractivity contribution in [1.29, 1.82) is 0 Å². The summed E-state index contributed by atoms with van der Waals surface area (Å²) in [5.74, 6) is -0.763. The maximum Gasteiger partial charge on any atom is 0.293 e. The van der Waals surface area contributed by atoms with E-state index in [4.69, 9.17) is 0 Å². The largest absolute Gasteiger partial charge is 0.501 e. The van der Waals surface area contributed by atoms with Crippen molar-refractivity contribution < 1.29 is 9.90 Å². The molecule has 3 N–H and O–H groups in total. The molecule has 1 amide bonds. The highest BCUT2D eigenvalue weighted by atomic mass is 16.3. The van der Waals surface area contributed by atoms with Crippen molar-refractivity contribution in [3.8, 4) is 5.75 Å². The number of hydrogen-bond donors (Lipinski definition) is 3. The Morgan fingerprint density at radius 1 is 1.47 bits per heavy atom. The Balaban J connectivity index is 2.92. The lowest BCUT2D eigenvalue weighted by molar-refractivity contribution is 0.0944. The first-order valence-electron chi connectivity index (χ1n) is 5.70. The van der Waals surface area contributed by atoms with Gasteiger partial charge in [0.15, 0.2) is 5.69 Å². The predicted octanol–water partition coefficient (Wildman–Crippen LogP) is 0.568. The maximum atomic E-state index is 11.7. The van der Waals surface area contributed by atoms with Crippen LogP contribution in [0.4, 0.5) is 0 Å². The predicted molar refractivity (Wildman–Crippen MR) is 63.1 cm³/mol. The zero-order valence-electron chi connectivity index (χ0n) is 10.0. The Hall–Kier alpha value is -1.85. The number of aromatic amines is 1. The average molecular weight is 239 g/mol. The number of aromatic hydroxyl groups is 1. The Labute approximate surface area is 99.1 Å². The summed E-state index contributed by atoms with van der Waals surface area (Å²) in [5, 5.41) is 12.1. The SMILES string of the molecule is CCCCNC(=O)c1nc(CC)[nH]c(=O)c1O. The normalized spacial score (nSPS) is 10.2. The van der Waals surface area contributed by atoms with Crippen molar-refractivity contribution in [2.45, 2.75) is 33.1 Å². The van der Waals surface area contributed by atoms with E-state index in [9.17, 15) is 14.7 Å². The molecule has 0 fully saturated rings. The first-order chi connectivity index (χ1) is 8.10. The van der Waals surface area contributed by atoms with Crippen LogP contribution in [-0.2, 0) is 6.42 Å². The van der Waals surface area contributed by atoms with E-state index in [-0.39, 0.29) is 5.69 Å². The molecule has 17 heavy (non-hydrogen) atoms. The van der Waals surface area contributed by atoms with E-state index in [0.717, 1.165) is 12.8 Å². The number of aromatic nitrogens is 2. The van der Waals surface area contributed by atoms with Crippen LogP contribution >= 0.6 is 0 Å². The fraction of sp³-hybridized carbons (Fsp3) is 0.545. The average Bonchev–Trinajstić information content (AvgIpc) is 2.32. The number of unbranched alkanes of at least 4 members (excludes halogenated alkanes) is 1. The molecule has 6 heteroatoms. The van der Waals surface area contributed by atoms with Gasteiger partial charge in [-0.05, 0) is 6.42 Å². The fourth-order valence-electron chi connectivity index (χ4n) is 1.30. The lowest BCUT2D eigenvalue weighted by atomic mass is 10.3. The minimum absolute atomic E-state index is 0.207. The molecule has 94 valence electrons. The maximum absolute atomic E-state index is 11.7. The minimum atomic E-state index is -0.683. The van der Waals surface area contributed by atoms with Crippen molar-refractivity contribution >= 4 is 5.91 Å². The summed E-state index contributed by atoms with van der Waals surface area (Å²) < 4.78 is 0. The van der Waals surface area contributed by atoms with E-state index < -0.39 is 17.2 Å². The van der Waals surface area contributed by atoms with Crippen LogP contribution in [-0.4, -0.2) is 27.5 Å². The van der Waals surface area contributed by atoms with Crippen LogP contribution in [0.15, 0.2) is 4.79 Å². The van der Waals surface area contributed by atoms with Gasteiger partial charge in [0.2, 0.25) is 5.75 Å². The number of rotatable bonds is 5. The summed E-state index contributed by atoms with van der Waals surface area (Å²) >= 11 is 0. The quantitative estimate of drug-likeness (QED) is 0.654. The van der Waals surface area contributed by atoms with Crippen LogP contribution in [0, 0.1) is 0 Å². The Bertz CT molecular complexity index is 454. The highest BCUT2D eigenvalue weighted by Gasteiger charge is 2.16. The molecule has 1 aromatic rings. The Morgan fingerprint density at radius 3 is 2.76 bits per heavy atom. The van der Waals surface area contributed by atoms with Crippen molar-refractivity contribution in [3.63, 3.8) is 0 Å². The molecule has 0 bridgehead atoms. The van der Waals surface area contributed by atoms with E-state index in [1.807, 2.05) is 6.92 Å². The molecule has 1 rings (SSSR count). The molecule has 0 radical (unpaired) electrons. The van der Waals surface area contributed by atoms with E-state index >= 15 is 0 Å². The Morgan fingerprint density at radius 2 is 2.18 bits per heavy atom. The van der Waals surface area contributed by atoms with Crippen molar-refractivity contribution in [2.24, 2.45) is 0 Å². The molecule has 0 saturated heterocycles. The Kier molecular flexibility index (Phi) is 4.68. The number of hydrogen-bond acceptors (Lipinski definition) is 4. The van der Waals surface area contributed by atoms with E-state index in [0.29, 0.717) is 18.8 Å². The standard InChI is InChI=1S/C11H17N3O3/c1-3-5-6-12-10(16)8-9(15)11(17)14-7(4-2)13-8/h15H,3-6H2,1-2H3,(H,12,16)(H,13,14,17). The topological polar surface area (TPSA) is 95.1 Å². The molecule has 1 heterocycles. The van der Waals surface area contributed by atoms with E-state index in [1.165, 1.54) is 0 Å². The molecule has 0 atom stereocenters. The lowest BCUT2D eigenvalue weighted by Gasteiger charge is -2.06. The molecule has 0 aliphatic heterocycles. The smallest absolute Gasteiger partial charge is 0.293 e. The number of amides is 1. The van der Waals surface area contributed by atoms with Gasteiger partial charge < -0.3 is 15.4 Å². The number of nitrogens with one attached hydrogen (secondary N) is 2. The first kappa shape index (κ1) is 13.2. The highest BCUT2D eigenvalue weighted by molar-refractivity contribution is 5.94. The lowest BCUT2D eigenvalue weighted by Crippen LogP contribution is -2.28. The number of carbonyl (C=O) groups excluding carboxylic acids is 1. The zero-order chi connectivity index (χ0) is 12.8. The van der Waals surface area contributed by atoms with Crippen molar-refractivity contribution in [2.75, 3.05) is 6.54 Å². The van der Waals surface area contributed by atoms with Crippen LogP contribution in [0.3, 0.4) is 0 Å². The van der Waals surface area contributed by atoms with Gasteiger partial charge in [-0.3, -0.25) is 9.59 Å². The zero-order valence-corrected chi connectivity index (χ0v) is 10.0. The molecule has 0 aliphatic carbocycles. The molecule has 6 nitrogen and oxygen atoms in total. The second kappa shape index (κ2) is 6.03. The van der Waals surface area contributed by atoms with Gasteiger partial charge in [-0.15, -0.1) is 0 Å². The molecule has 0 aromatic carbocycles. The van der Waals surface area contributed by atoms with Gasteiger partial charge in [-0.25, -0.2) is 4.98 Å². The summed E-state index contributed by atoms with van der Waals surface area (Å²) in [5.41, 5.74) is -0.890. The van der Waals surface area contributed by atoms with Crippen LogP contribution in [0.2, 0.25) is 0 Å². The van der Waals surface area contributed by atoms with Crippen molar-refractivity contribution in [3.05, 3.63) is 21.9 Å². The number of nitrogens with zero attached hydrogens (tertiary/aromatic N) is 1. The van der Waals surface area contributed by atoms with Gasteiger partial charge in [-0.2, -0.15) is 0 Å². The third-order valence-electron chi connectivity index (χ3n) is 2.31.